The molecule has 3 rings (SSSR count). The van der Waals surface area contributed by atoms with Crippen LogP contribution >= 0.6 is 0 Å². The number of nitrogens with zero attached hydrogens (tertiary/aromatic N) is 1. The third kappa shape index (κ3) is 2.22. The molecule has 1 aromatic rings. The highest BCUT2D eigenvalue weighted by molar-refractivity contribution is 5.80. The summed E-state index contributed by atoms with van der Waals surface area (Å²) in [6, 6.07) is 12.6. The average molecular weight is 255 g/mol. The number of nitrogens with one attached hydrogen (secondary N) is 2. The van der Waals surface area contributed by atoms with Gasteiger partial charge >= 0.3 is 0 Å². The Morgan fingerprint density at radius 3 is 2.89 bits per heavy atom. The summed E-state index contributed by atoms with van der Waals surface area (Å²) in [4.78, 5) is 11.5. The molecule has 0 radical (unpaired) electrons. The lowest BCUT2D eigenvalue weighted by Gasteiger charge is -2.23. The number of nitriles is 1. The fourth-order valence-electron chi connectivity index (χ4n) is 3.34. The van der Waals surface area contributed by atoms with Crippen molar-refractivity contribution in [2.24, 2.45) is 5.41 Å². The number of rotatable bonds is 2. The Morgan fingerprint density at radius 2 is 2.16 bits per heavy atom. The van der Waals surface area contributed by atoms with Crippen LogP contribution in [0.4, 0.5) is 0 Å². The lowest BCUT2D eigenvalue weighted by molar-refractivity contribution is -0.119. The van der Waals surface area contributed by atoms with Gasteiger partial charge in [0.2, 0.25) is 5.91 Å². The van der Waals surface area contributed by atoms with Crippen LogP contribution in [0.25, 0.3) is 0 Å². The highest BCUT2D eigenvalue weighted by Crippen LogP contribution is 2.40. The summed E-state index contributed by atoms with van der Waals surface area (Å²) in [7, 11) is 0. The van der Waals surface area contributed by atoms with Crippen molar-refractivity contribution in [3.63, 3.8) is 0 Å². The molecule has 1 aromatic carbocycles. The van der Waals surface area contributed by atoms with Crippen molar-refractivity contribution in [3.05, 3.63) is 35.9 Å². The van der Waals surface area contributed by atoms with Gasteiger partial charge < -0.3 is 10.6 Å². The molecular weight excluding hydrogens is 238 g/mol. The van der Waals surface area contributed by atoms with E-state index in [2.05, 4.69) is 28.8 Å². The predicted molar refractivity (Wildman–Crippen MR) is 71.1 cm³/mol. The average Bonchev–Trinajstić information content (AvgIpc) is 2.95. The summed E-state index contributed by atoms with van der Waals surface area (Å²) in [5.41, 5.74) is 1.09. The summed E-state index contributed by atoms with van der Waals surface area (Å²) >= 11 is 0. The zero-order valence-electron chi connectivity index (χ0n) is 10.7. The van der Waals surface area contributed by atoms with Gasteiger partial charge in [-0.2, -0.15) is 5.26 Å². The number of carbonyl (C=O) groups is 1. The van der Waals surface area contributed by atoms with Gasteiger partial charge in [0.1, 0.15) is 6.04 Å². The van der Waals surface area contributed by atoms with E-state index in [1.54, 1.807) is 0 Å². The molecule has 98 valence electrons. The molecular formula is C15H17N3O. The Morgan fingerprint density at radius 1 is 1.37 bits per heavy atom. The van der Waals surface area contributed by atoms with Crippen molar-refractivity contribution in [1.82, 2.24) is 10.6 Å². The van der Waals surface area contributed by atoms with Crippen molar-refractivity contribution in [2.45, 2.75) is 31.3 Å². The summed E-state index contributed by atoms with van der Waals surface area (Å²) in [5, 5.41) is 15.5. The maximum atomic E-state index is 11.5. The van der Waals surface area contributed by atoms with Crippen LogP contribution in [0.15, 0.2) is 30.3 Å². The molecule has 19 heavy (non-hydrogen) atoms. The van der Waals surface area contributed by atoms with Gasteiger partial charge in [0, 0.05) is 24.4 Å². The first-order chi connectivity index (χ1) is 9.22. The van der Waals surface area contributed by atoms with Gasteiger partial charge in [0.25, 0.3) is 0 Å². The number of carbonyl (C=O) groups excluding carboxylic acids is 1. The molecule has 3 atom stereocenters. The Labute approximate surface area is 112 Å². The molecule has 2 aliphatic rings. The smallest absolute Gasteiger partial charge is 0.221 e. The highest BCUT2D eigenvalue weighted by atomic mass is 16.2. The van der Waals surface area contributed by atoms with E-state index in [9.17, 15) is 10.1 Å². The summed E-state index contributed by atoms with van der Waals surface area (Å²) < 4.78 is 0. The SMILES string of the molecule is N#CC1NC(=O)CC12CNC(Cc1ccccc1)C2. The Balaban J connectivity index is 1.70. The molecule has 2 saturated heterocycles. The van der Waals surface area contributed by atoms with Crippen LogP contribution in [0, 0.1) is 16.7 Å². The quantitative estimate of drug-likeness (QED) is 0.828. The van der Waals surface area contributed by atoms with Crippen LogP contribution < -0.4 is 10.6 Å². The first kappa shape index (κ1) is 12.2. The van der Waals surface area contributed by atoms with E-state index in [1.807, 2.05) is 18.2 Å². The molecule has 0 saturated carbocycles. The molecule has 2 aliphatic heterocycles. The zero-order valence-corrected chi connectivity index (χ0v) is 10.7. The van der Waals surface area contributed by atoms with Crippen molar-refractivity contribution >= 4 is 5.91 Å². The summed E-state index contributed by atoms with van der Waals surface area (Å²) in [6.07, 6.45) is 2.32. The highest BCUT2D eigenvalue weighted by Gasteiger charge is 2.51. The summed E-state index contributed by atoms with van der Waals surface area (Å²) in [6.45, 7) is 0.751. The second-order valence-electron chi connectivity index (χ2n) is 5.64. The third-order valence-corrected chi connectivity index (χ3v) is 4.28. The van der Waals surface area contributed by atoms with Gasteiger partial charge in [0.05, 0.1) is 6.07 Å². The van der Waals surface area contributed by atoms with Crippen molar-refractivity contribution in [2.75, 3.05) is 6.54 Å². The molecule has 4 heteroatoms. The Bertz CT molecular complexity index is 522. The van der Waals surface area contributed by atoms with E-state index < -0.39 is 0 Å². The van der Waals surface area contributed by atoms with Crippen LogP contribution in [-0.2, 0) is 11.2 Å². The summed E-state index contributed by atoms with van der Waals surface area (Å²) in [5.74, 6) is 0.00807. The molecule has 1 amide bonds. The lowest BCUT2D eigenvalue weighted by Crippen LogP contribution is -2.37. The normalized spacial score (nSPS) is 33.3. The Kier molecular flexibility index (Phi) is 3.00. The minimum atomic E-state index is -0.340. The van der Waals surface area contributed by atoms with Crippen LogP contribution in [0.5, 0.6) is 0 Å². The van der Waals surface area contributed by atoms with Gasteiger partial charge in [-0.3, -0.25) is 4.79 Å². The molecule has 3 unspecified atom stereocenters. The maximum Gasteiger partial charge on any atom is 0.221 e. The molecule has 2 heterocycles. The molecule has 4 nitrogen and oxygen atoms in total. The molecule has 0 bridgehead atoms. The standard InChI is InChI=1S/C15H17N3O/c16-9-13-15(8-14(19)18-13)7-12(17-10-15)6-11-4-2-1-3-5-11/h1-5,12-13,17H,6-8,10H2,(H,18,19). The van der Waals surface area contributed by atoms with Crippen molar-refractivity contribution in [1.29, 1.82) is 5.26 Å². The second-order valence-corrected chi connectivity index (χ2v) is 5.64. The molecule has 2 N–H and O–H groups in total. The first-order valence-electron chi connectivity index (χ1n) is 6.68. The molecule has 0 aromatic heterocycles. The fraction of sp³-hybridized carbons (Fsp3) is 0.467. The minimum Gasteiger partial charge on any atom is -0.340 e. The van der Waals surface area contributed by atoms with Gasteiger partial charge in [0.15, 0.2) is 0 Å². The van der Waals surface area contributed by atoms with E-state index in [0.717, 1.165) is 19.4 Å². The van der Waals surface area contributed by atoms with Crippen LogP contribution in [0.1, 0.15) is 18.4 Å². The van der Waals surface area contributed by atoms with Gasteiger partial charge in [-0.15, -0.1) is 0 Å². The Hall–Kier alpha value is -1.86. The zero-order chi connectivity index (χ0) is 13.3. The number of hydrogen-bond donors (Lipinski definition) is 2. The van der Waals surface area contributed by atoms with E-state index in [-0.39, 0.29) is 17.4 Å². The van der Waals surface area contributed by atoms with Crippen molar-refractivity contribution in [3.8, 4) is 6.07 Å². The van der Waals surface area contributed by atoms with E-state index in [4.69, 9.17) is 0 Å². The van der Waals surface area contributed by atoms with Crippen molar-refractivity contribution < 1.29 is 4.79 Å². The fourth-order valence-corrected chi connectivity index (χ4v) is 3.34. The largest absolute Gasteiger partial charge is 0.340 e. The minimum absolute atomic E-state index is 0.00807. The first-order valence-corrected chi connectivity index (χ1v) is 6.68. The van der Waals surface area contributed by atoms with E-state index >= 15 is 0 Å². The lowest BCUT2D eigenvalue weighted by atomic mass is 9.78. The van der Waals surface area contributed by atoms with Gasteiger partial charge in [-0.05, 0) is 18.4 Å². The number of amides is 1. The molecule has 2 fully saturated rings. The second kappa shape index (κ2) is 4.67. The number of hydrogen-bond acceptors (Lipinski definition) is 3. The molecule has 0 aliphatic carbocycles. The van der Waals surface area contributed by atoms with Gasteiger partial charge in [-0.1, -0.05) is 30.3 Å². The monoisotopic (exact) mass is 255 g/mol. The van der Waals surface area contributed by atoms with E-state index in [1.165, 1.54) is 5.56 Å². The maximum absolute atomic E-state index is 11.5. The van der Waals surface area contributed by atoms with Crippen LogP contribution in [0.3, 0.4) is 0 Å². The topological polar surface area (TPSA) is 64.9 Å². The van der Waals surface area contributed by atoms with E-state index in [0.29, 0.717) is 12.5 Å². The van der Waals surface area contributed by atoms with Crippen LogP contribution in [-0.4, -0.2) is 24.5 Å². The predicted octanol–water partition coefficient (Wildman–Crippen LogP) is 0.989. The van der Waals surface area contributed by atoms with Gasteiger partial charge in [-0.25, -0.2) is 0 Å². The number of benzene rings is 1. The molecule has 1 spiro atoms. The third-order valence-electron chi connectivity index (χ3n) is 4.28. The van der Waals surface area contributed by atoms with Crippen LogP contribution in [0.2, 0.25) is 0 Å².